The lowest BCUT2D eigenvalue weighted by atomic mass is 10.3. The molecule has 0 spiro atoms. The number of rotatable bonds is 7. The molecule has 1 unspecified atom stereocenters. The first kappa shape index (κ1) is 22.6. The van der Waals surface area contributed by atoms with Gasteiger partial charge in [-0.15, -0.1) is 24.0 Å². The molecule has 1 atom stereocenters. The minimum Gasteiger partial charge on any atom is -0.486 e. The summed E-state index contributed by atoms with van der Waals surface area (Å²) in [5.74, 6) is 1.30. The molecule has 3 rings (SSSR count). The van der Waals surface area contributed by atoms with Crippen molar-refractivity contribution >= 4 is 29.9 Å². The van der Waals surface area contributed by atoms with Gasteiger partial charge in [0, 0.05) is 32.2 Å². The van der Waals surface area contributed by atoms with E-state index in [4.69, 9.17) is 4.74 Å². The van der Waals surface area contributed by atoms with Crippen LogP contribution in [-0.4, -0.2) is 40.2 Å². The number of aliphatic imine (C=N–C) groups is 1. The van der Waals surface area contributed by atoms with E-state index in [0.29, 0.717) is 19.0 Å². The molecule has 0 saturated heterocycles. The number of pyridine rings is 1. The van der Waals surface area contributed by atoms with Crippen LogP contribution >= 0.6 is 24.0 Å². The van der Waals surface area contributed by atoms with E-state index in [2.05, 4.69) is 25.6 Å². The summed E-state index contributed by atoms with van der Waals surface area (Å²) in [4.78, 5) is 12.6. The third-order valence-corrected chi connectivity index (χ3v) is 3.98. The average Bonchev–Trinajstić information content (AvgIpc) is 3.25. The molecule has 0 bridgehead atoms. The summed E-state index contributed by atoms with van der Waals surface area (Å²) in [6, 6.07) is 10.3. The van der Waals surface area contributed by atoms with E-state index in [9.17, 15) is 4.39 Å². The molecule has 1 aromatic carbocycles. The Kier molecular flexibility index (Phi) is 8.84. The first-order chi connectivity index (χ1) is 13.7. The maximum Gasteiger partial charge on any atom is 0.191 e. The zero-order chi connectivity index (χ0) is 19.8. The first-order valence-corrected chi connectivity index (χ1v) is 8.94. The lowest BCUT2D eigenvalue weighted by Crippen LogP contribution is -2.41. The van der Waals surface area contributed by atoms with Crippen LogP contribution in [0.1, 0.15) is 12.5 Å². The third-order valence-electron chi connectivity index (χ3n) is 3.98. The molecule has 0 aliphatic heterocycles. The first-order valence-electron chi connectivity index (χ1n) is 8.94. The summed E-state index contributed by atoms with van der Waals surface area (Å²) in [6.45, 7) is 2.91. The van der Waals surface area contributed by atoms with Gasteiger partial charge in [0.25, 0.3) is 0 Å². The molecule has 2 aromatic heterocycles. The monoisotopic (exact) mass is 510 g/mol. The van der Waals surface area contributed by atoms with Crippen molar-refractivity contribution in [2.75, 3.05) is 13.6 Å². The topological polar surface area (TPSA) is 76.4 Å². The fourth-order valence-electron chi connectivity index (χ4n) is 2.51. The van der Waals surface area contributed by atoms with Gasteiger partial charge >= 0.3 is 0 Å². The van der Waals surface area contributed by atoms with Crippen molar-refractivity contribution < 1.29 is 9.13 Å². The van der Waals surface area contributed by atoms with Crippen LogP contribution in [0.2, 0.25) is 0 Å². The third kappa shape index (κ3) is 6.70. The predicted molar refractivity (Wildman–Crippen MR) is 121 cm³/mol. The van der Waals surface area contributed by atoms with Gasteiger partial charge in [-0.1, -0.05) is 18.2 Å². The van der Waals surface area contributed by atoms with Crippen LogP contribution in [0, 0.1) is 5.82 Å². The summed E-state index contributed by atoms with van der Waals surface area (Å²) >= 11 is 0. The largest absolute Gasteiger partial charge is 0.486 e. The van der Waals surface area contributed by atoms with Crippen molar-refractivity contribution in [3.05, 3.63) is 72.7 Å². The smallest absolute Gasteiger partial charge is 0.191 e. The Balaban J connectivity index is 0.00000300. The lowest BCUT2D eigenvalue weighted by Gasteiger charge is -2.18. The quantitative estimate of drug-likeness (QED) is 0.290. The minimum absolute atomic E-state index is 0. The summed E-state index contributed by atoms with van der Waals surface area (Å²) in [6.07, 6.45) is 6.84. The van der Waals surface area contributed by atoms with Crippen LogP contribution in [0.5, 0.6) is 5.75 Å². The Labute approximate surface area is 186 Å². The zero-order valence-corrected chi connectivity index (χ0v) is 18.6. The van der Waals surface area contributed by atoms with Crippen molar-refractivity contribution in [1.82, 2.24) is 25.2 Å². The summed E-state index contributed by atoms with van der Waals surface area (Å²) in [5, 5.41) is 6.39. The number of benzene rings is 1. The second-order valence-corrected chi connectivity index (χ2v) is 6.16. The van der Waals surface area contributed by atoms with Crippen LogP contribution in [0.4, 0.5) is 4.39 Å². The minimum atomic E-state index is -0.372. The Morgan fingerprint density at radius 3 is 2.72 bits per heavy atom. The van der Waals surface area contributed by atoms with Gasteiger partial charge < -0.3 is 15.4 Å². The van der Waals surface area contributed by atoms with E-state index in [1.54, 1.807) is 44.0 Å². The highest BCUT2D eigenvalue weighted by molar-refractivity contribution is 14.0. The van der Waals surface area contributed by atoms with Crippen molar-refractivity contribution in [1.29, 1.82) is 0 Å². The maximum absolute atomic E-state index is 13.6. The van der Waals surface area contributed by atoms with Crippen molar-refractivity contribution in [2.45, 2.75) is 19.6 Å². The van der Waals surface area contributed by atoms with Gasteiger partial charge in [-0.05, 0) is 30.7 Å². The molecule has 29 heavy (non-hydrogen) atoms. The van der Waals surface area contributed by atoms with E-state index in [-0.39, 0.29) is 41.6 Å². The molecule has 0 aliphatic carbocycles. The van der Waals surface area contributed by atoms with Gasteiger partial charge in [0.2, 0.25) is 0 Å². The molecule has 0 radical (unpaired) electrons. The molecule has 0 aliphatic rings. The van der Waals surface area contributed by atoms with E-state index in [1.165, 1.54) is 6.07 Å². The highest BCUT2D eigenvalue weighted by Gasteiger charge is 2.09. The molecule has 7 nitrogen and oxygen atoms in total. The molecule has 2 heterocycles. The Morgan fingerprint density at radius 2 is 2.07 bits per heavy atom. The van der Waals surface area contributed by atoms with E-state index < -0.39 is 0 Å². The molecule has 3 aromatic rings. The highest BCUT2D eigenvalue weighted by atomic mass is 127. The van der Waals surface area contributed by atoms with E-state index >= 15 is 0 Å². The molecular weight excluding hydrogens is 486 g/mol. The number of guanidine groups is 1. The highest BCUT2D eigenvalue weighted by Crippen LogP contribution is 2.16. The molecule has 154 valence electrons. The zero-order valence-electron chi connectivity index (χ0n) is 16.2. The molecule has 2 N–H and O–H groups in total. The van der Waals surface area contributed by atoms with Gasteiger partial charge in [-0.2, -0.15) is 0 Å². The number of halogens is 2. The normalized spacial score (nSPS) is 12.0. The fraction of sp³-hybridized carbons (Fsp3) is 0.250. The summed E-state index contributed by atoms with van der Waals surface area (Å²) < 4.78 is 21.1. The number of nitrogens with one attached hydrogen (secondary N) is 2. The average molecular weight is 510 g/mol. The predicted octanol–water partition coefficient (Wildman–Crippen LogP) is 3.16. The standard InChI is InChI=1S/C20H23FN6O.HI/c1-15(28-18-6-4-3-5-17(18)21)11-25-20(22-2)26-13-16-7-8-19(24-12-16)27-10-9-23-14-27;/h3-10,12,14-15H,11,13H2,1-2H3,(H2,22,25,26);1H. The van der Waals surface area contributed by atoms with Crippen LogP contribution in [0.25, 0.3) is 5.82 Å². The van der Waals surface area contributed by atoms with Gasteiger partial charge in [0.1, 0.15) is 18.2 Å². The van der Waals surface area contributed by atoms with Gasteiger partial charge in [0.05, 0.1) is 6.54 Å². The van der Waals surface area contributed by atoms with Crippen molar-refractivity contribution in [3.63, 3.8) is 0 Å². The number of ether oxygens (including phenoxy) is 1. The summed E-state index contributed by atoms with van der Waals surface area (Å²) in [7, 11) is 1.69. The number of para-hydroxylation sites is 1. The molecular formula is C20H24FIN6O. The fourth-order valence-corrected chi connectivity index (χ4v) is 2.51. The Bertz CT molecular complexity index is 902. The molecule has 0 fully saturated rings. The van der Waals surface area contributed by atoms with Crippen LogP contribution in [0.3, 0.4) is 0 Å². The second-order valence-electron chi connectivity index (χ2n) is 6.16. The molecule has 0 amide bonds. The molecule has 9 heteroatoms. The van der Waals surface area contributed by atoms with Gasteiger partial charge in [-0.25, -0.2) is 14.4 Å². The van der Waals surface area contributed by atoms with E-state index in [1.807, 2.05) is 29.8 Å². The van der Waals surface area contributed by atoms with Crippen LogP contribution in [-0.2, 0) is 6.54 Å². The molecule has 0 saturated carbocycles. The van der Waals surface area contributed by atoms with Crippen molar-refractivity contribution in [2.24, 2.45) is 4.99 Å². The number of imidazole rings is 1. The van der Waals surface area contributed by atoms with Crippen molar-refractivity contribution in [3.8, 4) is 11.6 Å². The van der Waals surface area contributed by atoms with E-state index in [0.717, 1.165) is 11.4 Å². The Morgan fingerprint density at radius 1 is 1.24 bits per heavy atom. The van der Waals surface area contributed by atoms with Crippen LogP contribution < -0.4 is 15.4 Å². The number of hydrogen-bond donors (Lipinski definition) is 2. The number of nitrogens with zero attached hydrogens (tertiary/aromatic N) is 4. The van der Waals surface area contributed by atoms with Gasteiger partial charge in [-0.3, -0.25) is 9.56 Å². The van der Waals surface area contributed by atoms with Crippen LogP contribution in [0.15, 0.2) is 66.3 Å². The van der Waals surface area contributed by atoms with Gasteiger partial charge in [0.15, 0.2) is 17.5 Å². The summed E-state index contributed by atoms with van der Waals surface area (Å²) in [5.41, 5.74) is 1.02. The number of aromatic nitrogens is 3. The maximum atomic E-state index is 13.6. The second kappa shape index (κ2) is 11.3. The number of hydrogen-bond acceptors (Lipinski definition) is 4. The Hall–Kier alpha value is -2.69. The lowest BCUT2D eigenvalue weighted by molar-refractivity contribution is 0.214. The SMILES string of the molecule is CN=C(NCc1ccc(-n2ccnc2)nc1)NCC(C)Oc1ccccc1F.I.